The number of nitrogens with zero attached hydrogens (tertiary/aromatic N) is 4. The molecule has 2 rings (SSSR count). The van der Waals surface area contributed by atoms with Crippen LogP contribution in [0.2, 0.25) is 0 Å². The third kappa shape index (κ3) is 11.6. The van der Waals surface area contributed by atoms with E-state index in [4.69, 9.17) is 33.1 Å². The largest absolute Gasteiger partial charge is 0.359 e. The normalized spacial score (nSPS) is 8.48. The van der Waals surface area contributed by atoms with Crippen molar-refractivity contribution in [2.45, 2.75) is 13.3 Å². The molecule has 0 fully saturated rings. The standard InChI is InChI=1S/2C8H4N2.C6H14O3/c1-9-7-5-3-4-6-8(7)10-2;9-5-7-3-1-2-4-8(7)6-10;1-3-4-8-6-9-5-7-2/h3-6H;1-4H;3-6H2,1-2H3. The van der Waals surface area contributed by atoms with E-state index in [1.54, 1.807) is 55.6 Å². The van der Waals surface area contributed by atoms with Gasteiger partial charge in [-0.25, -0.2) is 0 Å². The molecule has 0 aliphatic heterocycles. The van der Waals surface area contributed by atoms with Crippen molar-refractivity contribution < 1.29 is 14.2 Å². The van der Waals surface area contributed by atoms with E-state index in [9.17, 15) is 0 Å². The Kier molecular flexibility index (Phi) is 15.4. The fourth-order valence-electron chi connectivity index (χ4n) is 1.71. The van der Waals surface area contributed by atoms with Gasteiger partial charge in [0.05, 0.1) is 24.3 Å². The van der Waals surface area contributed by atoms with Crippen molar-refractivity contribution >= 4 is 11.4 Å². The van der Waals surface area contributed by atoms with Gasteiger partial charge in [0.2, 0.25) is 0 Å². The Bertz CT molecular complexity index is 747. The first-order valence-electron chi connectivity index (χ1n) is 8.56. The molecule has 7 nitrogen and oxygen atoms in total. The topological polar surface area (TPSA) is 84.0 Å². The van der Waals surface area contributed by atoms with Gasteiger partial charge >= 0.3 is 0 Å². The molecular weight excluding hydrogens is 368 g/mol. The molecule has 2 aromatic rings. The lowest BCUT2D eigenvalue weighted by Gasteiger charge is -2.01. The third-order valence-corrected chi connectivity index (χ3v) is 3.01. The zero-order chi connectivity index (χ0) is 21.7. The molecule has 0 atom stereocenters. The highest BCUT2D eigenvalue weighted by molar-refractivity contribution is 5.69. The van der Waals surface area contributed by atoms with Crippen molar-refractivity contribution in [2.24, 2.45) is 0 Å². The van der Waals surface area contributed by atoms with Crippen LogP contribution in [0.25, 0.3) is 9.69 Å². The number of ether oxygens (including phenoxy) is 3. The van der Waals surface area contributed by atoms with Crippen LogP contribution in [0.4, 0.5) is 11.4 Å². The second kappa shape index (κ2) is 17.7. The molecule has 0 N–H and O–H groups in total. The van der Waals surface area contributed by atoms with E-state index in [-0.39, 0.29) is 0 Å². The summed E-state index contributed by atoms with van der Waals surface area (Å²) in [5.74, 6) is 0. The second-order valence-electron chi connectivity index (χ2n) is 5.12. The molecule has 0 saturated carbocycles. The highest BCUT2D eigenvalue weighted by Gasteiger charge is 1.97. The van der Waals surface area contributed by atoms with Gasteiger partial charge in [-0.15, -0.1) is 0 Å². The second-order valence-corrected chi connectivity index (χ2v) is 5.12. The summed E-state index contributed by atoms with van der Waals surface area (Å²) < 4.78 is 14.4. The molecule has 7 heteroatoms. The van der Waals surface area contributed by atoms with Crippen LogP contribution in [0.5, 0.6) is 0 Å². The maximum atomic E-state index is 8.45. The Morgan fingerprint density at radius 2 is 1.31 bits per heavy atom. The lowest BCUT2D eigenvalue weighted by Crippen LogP contribution is -2.02. The van der Waals surface area contributed by atoms with Crippen LogP contribution in [0, 0.1) is 35.8 Å². The number of para-hydroxylation sites is 2. The summed E-state index contributed by atoms with van der Waals surface area (Å²) in [7, 11) is 1.58. The molecule has 0 amide bonds. The fourth-order valence-corrected chi connectivity index (χ4v) is 1.71. The Morgan fingerprint density at radius 1 is 0.828 bits per heavy atom. The predicted octanol–water partition coefficient (Wildman–Crippen LogP) is 5.21. The van der Waals surface area contributed by atoms with E-state index in [1.165, 1.54) is 0 Å². The fraction of sp³-hybridized carbons (Fsp3) is 0.273. The first kappa shape index (κ1) is 25.3. The summed E-state index contributed by atoms with van der Waals surface area (Å²) in [4.78, 5) is 6.36. The van der Waals surface area contributed by atoms with Crippen LogP contribution in [0.1, 0.15) is 24.5 Å². The number of methoxy groups -OCH3 is 1. The average molecular weight is 390 g/mol. The van der Waals surface area contributed by atoms with Crippen molar-refractivity contribution in [3.63, 3.8) is 0 Å². The zero-order valence-corrected chi connectivity index (χ0v) is 16.5. The first-order valence-corrected chi connectivity index (χ1v) is 8.56. The van der Waals surface area contributed by atoms with Gasteiger partial charge in [-0.1, -0.05) is 43.3 Å². The van der Waals surface area contributed by atoms with Crippen LogP contribution < -0.4 is 0 Å². The molecule has 0 aliphatic carbocycles. The molecule has 29 heavy (non-hydrogen) atoms. The SMILES string of the molecule is CCCOCOCOC.N#Cc1ccccc1C#N.[C-]#[N+]c1ccccc1[N+]#[C-]. The first-order chi connectivity index (χ1) is 14.2. The minimum absolute atomic E-state index is 0.309. The minimum atomic E-state index is 0.309. The predicted molar refractivity (Wildman–Crippen MR) is 109 cm³/mol. The molecule has 0 spiro atoms. The molecular formula is C22H22N4O3. The van der Waals surface area contributed by atoms with Crippen molar-refractivity contribution in [1.82, 2.24) is 0 Å². The van der Waals surface area contributed by atoms with E-state index < -0.39 is 0 Å². The summed E-state index contributed by atoms with van der Waals surface area (Å²) in [6.07, 6.45) is 1.02. The molecule has 0 saturated heterocycles. The lowest BCUT2D eigenvalue weighted by atomic mass is 10.1. The summed E-state index contributed by atoms with van der Waals surface area (Å²) in [6.45, 7) is 16.8. The maximum Gasteiger partial charge on any atom is 0.194 e. The molecule has 0 bridgehead atoms. The molecule has 0 radical (unpaired) electrons. The van der Waals surface area contributed by atoms with E-state index in [1.807, 2.05) is 12.1 Å². The van der Waals surface area contributed by atoms with Crippen LogP contribution in [-0.2, 0) is 14.2 Å². The number of hydrogen-bond acceptors (Lipinski definition) is 5. The number of benzene rings is 2. The van der Waals surface area contributed by atoms with Crippen molar-refractivity contribution in [3.8, 4) is 12.1 Å². The molecule has 0 heterocycles. The molecule has 0 aromatic heterocycles. The van der Waals surface area contributed by atoms with E-state index in [0.717, 1.165) is 13.0 Å². The molecule has 2 aromatic carbocycles. The Balaban J connectivity index is 0.000000407. The highest BCUT2D eigenvalue weighted by atomic mass is 16.7. The average Bonchev–Trinajstić information content (AvgIpc) is 2.79. The van der Waals surface area contributed by atoms with Gasteiger partial charge in [0, 0.05) is 13.7 Å². The third-order valence-electron chi connectivity index (χ3n) is 3.01. The van der Waals surface area contributed by atoms with E-state index >= 15 is 0 Å². The van der Waals surface area contributed by atoms with Gasteiger partial charge < -0.3 is 14.2 Å². The van der Waals surface area contributed by atoms with Gasteiger partial charge in [-0.3, -0.25) is 9.69 Å². The van der Waals surface area contributed by atoms with E-state index in [0.29, 0.717) is 36.1 Å². The summed E-state index contributed by atoms with van der Waals surface area (Å²) in [5, 5.41) is 16.9. The maximum absolute atomic E-state index is 8.45. The van der Waals surface area contributed by atoms with Crippen molar-refractivity contribution in [1.29, 1.82) is 10.5 Å². The van der Waals surface area contributed by atoms with Gasteiger partial charge in [-0.05, 0) is 18.6 Å². The smallest absolute Gasteiger partial charge is 0.194 e. The van der Waals surface area contributed by atoms with Gasteiger partial charge in [0.25, 0.3) is 0 Å². The van der Waals surface area contributed by atoms with Crippen LogP contribution in [0.3, 0.4) is 0 Å². The number of nitriles is 2. The number of hydrogen-bond donors (Lipinski definition) is 0. The van der Waals surface area contributed by atoms with Crippen LogP contribution in [-0.4, -0.2) is 27.3 Å². The van der Waals surface area contributed by atoms with Gasteiger partial charge in [-0.2, -0.15) is 10.5 Å². The lowest BCUT2D eigenvalue weighted by molar-refractivity contribution is -0.120. The zero-order valence-electron chi connectivity index (χ0n) is 16.5. The van der Waals surface area contributed by atoms with Crippen LogP contribution in [0.15, 0.2) is 48.5 Å². The monoisotopic (exact) mass is 390 g/mol. The van der Waals surface area contributed by atoms with E-state index in [2.05, 4.69) is 21.4 Å². The van der Waals surface area contributed by atoms with Gasteiger partial charge in [0.15, 0.2) is 11.4 Å². The molecule has 0 unspecified atom stereocenters. The van der Waals surface area contributed by atoms with Crippen molar-refractivity contribution in [3.05, 3.63) is 82.5 Å². The Hall–Kier alpha value is -3.72. The van der Waals surface area contributed by atoms with Crippen LogP contribution >= 0.6 is 0 Å². The number of rotatable bonds is 6. The summed E-state index contributed by atoms with van der Waals surface area (Å²) in [5.41, 5.74) is 1.73. The molecule has 148 valence electrons. The highest BCUT2D eigenvalue weighted by Crippen LogP contribution is 2.26. The Morgan fingerprint density at radius 3 is 1.69 bits per heavy atom. The van der Waals surface area contributed by atoms with Gasteiger partial charge in [0.1, 0.15) is 25.7 Å². The quantitative estimate of drug-likeness (QED) is 0.384. The summed E-state index contributed by atoms with van der Waals surface area (Å²) in [6, 6.07) is 17.3. The summed E-state index contributed by atoms with van der Waals surface area (Å²) >= 11 is 0. The molecule has 0 aliphatic rings. The van der Waals surface area contributed by atoms with Crippen molar-refractivity contribution in [2.75, 3.05) is 27.3 Å². The minimum Gasteiger partial charge on any atom is -0.359 e. The Labute approximate surface area is 171 Å².